The molecule has 0 spiro atoms. The second-order valence-electron chi connectivity index (χ2n) is 7.26. The monoisotopic (exact) mass is 493 g/mol. The van der Waals surface area contributed by atoms with Crippen LogP contribution in [0.4, 0.5) is 5.69 Å². The van der Waals surface area contributed by atoms with Gasteiger partial charge in [0, 0.05) is 11.3 Å². The maximum atomic E-state index is 12.8. The molecule has 0 atom stereocenters. The Morgan fingerprint density at radius 2 is 1.86 bits per heavy atom. The van der Waals surface area contributed by atoms with Crippen LogP contribution in [0.1, 0.15) is 23.4 Å². The van der Waals surface area contributed by atoms with Gasteiger partial charge in [-0.15, -0.1) is 0 Å². The molecule has 0 bridgehead atoms. The number of imidazole rings is 1. The summed E-state index contributed by atoms with van der Waals surface area (Å²) in [5, 5.41) is 4.15. The molecule has 0 saturated carbocycles. The molecule has 3 aromatic rings. The van der Waals surface area contributed by atoms with E-state index in [2.05, 4.69) is 9.88 Å². The van der Waals surface area contributed by atoms with Crippen molar-refractivity contribution in [2.24, 2.45) is 0 Å². The summed E-state index contributed by atoms with van der Waals surface area (Å²) in [4.78, 5) is 12.8. The summed E-state index contributed by atoms with van der Waals surface area (Å²) in [5.74, 6) is 1.14. The minimum Gasteiger partial charge on any atom is -1.00 e. The number of rotatable bonds is 4. The van der Waals surface area contributed by atoms with Crippen molar-refractivity contribution in [1.82, 2.24) is 4.57 Å². The summed E-state index contributed by atoms with van der Waals surface area (Å²) >= 11 is 12.3. The molecule has 29 heavy (non-hydrogen) atoms. The molecule has 7 heteroatoms. The lowest BCUT2D eigenvalue weighted by molar-refractivity contribution is -0.690. The summed E-state index contributed by atoms with van der Waals surface area (Å²) in [6, 6.07) is 11.7. The van der Waals surface area contributed by atoms with Gasteiger partial charge in [0.2, 0.25) is 0 Å². The van der Waals surface area contributed by atoms with E-state index in [-0.39, 0.29) is 29.4 Å². The summed E-state index contributed by atoms with van der Waals surface area (Å²) in [6.07, 6.45) is 4.07. The molecule has 2 heterocycles. The van der Waals surface area contributed by atoms with E-state index in [0.717, 1.165) is 53.3 Å². The fraction of sp³-hybridized carbons (Fsp3) is 0.273. The van der Waals surface area contributed by atoms with Gasteiger partial charge in [-0.25, -0.2) is 9.13 Å². The van der Waals surface area contributed by atoms with Crippen molar-refractivity contribution in [2.75, 3.05) is 5.32 Å². The zero-order valence-corrected chi connectivity index (χ0v) is 19.4. The number of amides is 1. The van der Waals surface area contributed by atoms with Crippen molar-refractivity contribution < 1.29 is 26.3 Å². The number of hydrogen-bond acceptors (Lipinski definition) is 1. The Bertz CT molecular complexity index is 1060. The summed E-state index contributed by atoms with van der Waals surface area (Å²) in [6.45, 7) is 5.24. The van der Waals surface area contributed by atoms with E-state index >= 15 is 0 Å². The van der Waals surface area contributed by atoms with Gasteiger partial charge in [0.25, 0.3) is 11.7 Å². The number of benzene rings is 2. The number of carbonyl (C=O) groups is 1. The number of nitrogens with zero attached hydrogens (tertiary/aromatic N) is 2. The Morgan fingerprint density at radius 3 is 2.55 bits per heavy atom. The first kappa shape index (κ1) is 21.9. The Balaban J connectivity index is 0.00000240. The first-order chi connectivity index (χ1) is 13.4. The Kier molecular flexibility index (Phi) is 6.72. The fourth-order valence-corrected chi connectivity index (χ4v) is 4.18. The van der Waals surface area contributed by atoms with Crippen LogP contribution in [0.15, 0.2) is 42.6 Å². The number of anilines is 1. The molecule has 1 aromatic heterocycles. The average Bonchev–Trinajstić information content (AvgIpc) is 3.25. The topological polar surface area (TPSA) is 37.9 Å². The largest absolute Gasteiger partial charge is 1.00 e. The molecule has 0 saturated heterocycles. The molecule has 0 radical (unpaired) electrons. The number of aromatic nitrogens is 2. The van der Waals surface area contributed by atoms with Gasteiger partial charge in [-0.1, -0.05) is 41.4 Å². The molecule has 1 aliphatic heterocycles. The zero-order valence-electron chi connectivity index (χ0n) is 16.3. The normalized spacial score (nSPS) is 12.4. The molecule has 2 aromatic carbocycles. The third kappa shape index (κ3) is 4.37. The van der Waals surface area contributed by atoms with Gasteiger partial charge in [-0.2, -0.15) is 0 Å². The fourth-order valence-electron chi connectivity index (χ4n) is 3.88. The predicted molar refractivity (Wildman–Crippen MR) is 113 cm³/mol. The number of carbonyl (C=O) groups excluding carboxylic acids is 1. The highest BCUT2D eigenvalue weighted by Gasteiger charge is 2.30. The first-order valence-corrected chi connectivity index (χ1v) is 10.1. The minimum atomic E-state index is -0.0246. The summed E-state index contributed by atoms with van der Waals surface area (Å²) in [7, 11) is 0. The van der Waals surface area contributed by atoms with Gasteiger partial charge in [-0.3, -0.25) is 4.79 Å². The number of fused-ring (bicyclic) bond motifs is 1. The molecule has 0 aliphatic carbocycles. The molecular weight excluding hydrogens is 473 g/mol. The van der Waals surface area contributed by atoms with Gasteiger partial charge in [0.05, 0.1) is 23.0 Å². The van der Waals surface area contributed by atoms with Gasteiger partial charge >= 0.3 is 0 Å². The summed E-state index contributed by atoms with van der Waals surface area (Å²) in [5.41, 5.74) is 5.10. The molecule has 0 fully saturated rings. The molecule has 152 valence electrons. The van der Waals surface area contributed by atoms with Crippen molar-refractivity contribution in [3.05, 3.63) is 69.6 Å². The standard InChI is InChI=1S/C22H21Cl2N3O.BrH/c1-14-5-3-6-15(2)22(14)25-20(28)13-26-12-19(27-10-4-7-21(26)27)16-8-9-17(23)18(24)11-16;/h3,5-6,8-9,11-12H,4,7,10,13H2,1-2H3;1H. The Morgan fingerprint density at radius 1 is 1.14 bits per heavy atom. The van der Waals surface area contributed by atoms with Crippen molar-refractivity contribution in [3.63, 3.8) is 0 Å². The van der Waals surface area contributed by atoms with Crippen LogP contribution in [0, 0.1) is 13.8 Å². The smallest absolute Gasteiger partial charge is 0.266 e. The number of aryl methyl sites for hydroxylation is 2. The molecule has 4 nitrogen and oxygen atoms in total. The van der Waals surface area contributed by atoms with E-state index in [1.54, 1.807) is 0 Å². The van der Waals surface area contributed by atoms with Gasteiger partial charge in [-0.05, 0) is 49.6 Å². The Hall–Kier alpha value is -1.82. The van der Waals surface area contributed by atoms with Crippen molar-refractivity contribution in [1.29, 1.82) is 0 Å². The van der Waals surface area contributed by atoms with Crippen LogP contribution in [0.3, 0.4) is 0 Å². The third-order valence-electron chi connectivity index (χ3n) is 5.27. The predicted octanol–water partition coefficient (Wildman–Crippen LogP) is 1.96. The quantitative estimate of drug-likeness (QED) is 0.553. The number of para-hydroxylation sites is 1. The molecule has 0 unspecified atom stereocenters. The molecule has 1 N–H and O–H groups in total. The molecule has 1 aliphatic rings. The molecule has 1 amide bonds. The number of halogens is 3. The second kappa shape index (κ2) is 8.90. The lowest BCUT2D eigenvalue weighted by Crippen LogP contribution is -3.00. The maximum absolute atomic E-state index is 12.8. The van der Waals surface area contributed by atoms with Crippen LogP contribution in [0.5, 0.6) is 0 Å². The van der Waals surface area contributed by atoms with Gasteiger partial charge in [0.1, 0.15) is 6.20 Å². The van der Waals surface area contributed by atoms with E-state index in [1.807, 2.05) is 61.0 Å². The second-order valence-corrected chi connectivity index (χ2v) is 8.07. The van der Waals surface area contributed by atoms with Gasteiger partial charge in [0.15, 0.2) is 12.2 Å². The number of nitrogens with one attached hydrogen (secondary N) is 1. The van der Waals surface area contributed by atoms with Crippen molar-refractivity contribution >= 4 is 34.8 Å². The average molecular weight is 495 g/mol. The van der Waals surface area contributed by atoms with Crippen LogP contribution >= 0.6 is 23.2 Å². The number of hydrogen-bond donors (Lipinski definition) is 1. The first-order valence-electron chi connectivity index (χ1n) is 9.37. The zero-order chi connectivity index (χ0) is 19.8. The van der Waals surface area contributed by atoms with E-state index in [1.165, 1.54) is 0 Å². The minimum absolute atomic E-state index is 0. The van der Waals surface area contributed by atoms with Crippen LogP contribution < -0.4 is 26.9 Å². The third-order valence-corrected chi connectivity index (χ3v) is 6.01. The van der Waals surface area contributed by atoms with Crippen LogP contribution in [-0.4, -0.2) is 10.5 Å². The summed E-state index contributed by atoms with van der Waals surface area (Å²) < 4.78 is 4.32. The molecule has 4 rings (SSSR count). The van der Waals surface area contributed by atoms with E-state index in [0.29, 0.717) is 10.0 Å². The lowest BCUT2D eigenvalue weighted by Gasteiger charge is -2.10. The molecular formula is C22H22BrCl2N3O. The van der Waals surface area contributed by atoms with Gasteiger partial charge < -0.3 is 22.3 Å². The highest BCUT2D eigenvalue weighted by Crippen LogP contribution is 2.30. The van der Waals surface area contributed by atoms with Crippen molar-refractivity contribution in [2.45, 2.75) is 39.8 Å². The van der Waals surface area contributed by atoms with Crippen LogP contribution in [0.25, 0.3) is 11.3 Å². The van der Waals surface area contributed by atoms with E-state index < -0.39 is 0 Å². The Labute approximate surface area is 191 Å². The highest BCUT2D eigenvalue weighted by molar-refractivity contribution is 6.42. The van der Waals surface area contributed by atoms with Crippen molar-refractivity contribution in [3.8, 4) is 11.3 Å². The maximum Gasteiger partial charge on any atom is 0.266 e. The van der Waals surface area contributed by atoms with E-state index in [9.17, 15) is 4.79 Å². The van der Waals surface area contributed by atoms with Crippen LogP contribution in [0.2, 0.25) is 10.0 Å². The highest BCUT2D eigenvalue weighted by atomic mass is 79.9. The lowest BCUT2D eigenvalue weighted by atomic mass is 10.1. The van der Waals surface area contributed by atoms with Crippen LogP contribution in [-0.2, 0) is 24.3 Å². The SMILES string of the molecule is Cc1cccc(C)c1NC(=O)C[n+]1cc(-c2ccc(Cl)c(Cl)c2)n2c1CCC2.[Br-]. The van der Waals surface area contributed by atoms with E-state index in [4.69, 9.17) is 23.2 Å².